The third-order valence-electron chi connectivity index (χ3n) is 2.28. The summed E-state index contributed by atoms with van der Waals surface area (Å²) in [6, 6.07) is 8.81. The smallest absolute Gasteiger partial charge is 0.274 e. The molecule has 1 aromatic carbocycles. The van der Waals surface area contributed by atoms with Crippen molar-refractivity contribution in [2.24, 2.45) is 0 Å². The van der Waals surface area contributed by atoms with Crippen LogP contribution < -0.4 is 5.32 Å². The SMILES string of the molecule is O=C(Nc1ccccc1)C1=COCCS1(O)O. The Hall–Kier alpha value is -1.50. The minimum atomic E-state index is -3.02. The van der Waals surface area contributed by atoms with Crippen LogP contribution >= 0.6 is 10.6 Å². The quantitative estimate of drug-likeness (QED) is 0.757. The molecule has 1 aromatic rings. The molecule has 0 atom stereocenters. The van der Waals surface area contributed by atoms with E-state index in [4.69, 9.17) is 4.74 Å². The molecule has 0 unspecified atom stereocenters. The van der Waals surface area contributed by atoms with E-state index in [-0.39, 0.29) is 17.3 Å². The second-order valence-corrected chi connectivity index (χ2v) is 5.73. The maximum atomic E-state index is 11.8. The van der Waals surface area contributed by atoms with Crippen LogP contribution in [0.1, 0.15) is 0 Å². The van der Waals surface area contributed by atoms with E-state index in [1.54, 1.807) is 24.3 Å². The predicted octanol–water partition coefficient (Wildman–Crippen LogP) is 2.25. The summed E-state index contributed by atoms with van der Waals surface area (Å²) in [7, 11) is -3.02. The second-order valence-electron chi connectivity index (χ2n) is 3.54. The van der Waals surface area contributed by atoms with Gasteiger partial charge in [0.2, 0.25) is 0 Å². The number of hydrogen-bond acceptors (Lipinski definition) is 4. The highest BCUT2D eigenvalue weighted by Crippen LogP contribution is 2.49. The van der Waals surface area contributed by atoms with Gasteiger partial charge in [-0.15, -0.1) is 0 Å². The normalized spacial score (nSPS) is 19.8. The van der Waals surface area contributed by atoms with Gasteiger partial charge in [-0.2, -0.15) is 10.6 Å². The zero-order valence-corrected chi connectivity index (χ0v) is 9.81. The van der Waals surface area contributed by atoms with Crippen LogP contribution in [0.4, 0.5) is 5.69 Å². The van der Waals surface area contributed by atoms with E-state index in [1.165, 1.54) is 0 Å². The molecule has 1 heterocycles. The van der Waals surface area contributed by atoms with Crippen molar-refractivity contribution < 1.29 is 18.6 Å². The molecule has 0 saturated heterocycles. The molecule has 0 spiro atoms. The van der Waals surface area contributed by atoms with Crippen molar-refractivity contribution in [3.63, 3.8) is 0 Å². The Morgan fingerprint density at radius 3 is 2.65 bits per heavy atom. The van der Waals surface area contributed by atoms with Crippen LogP contribution in [0.3, 0.4) is 0 Å². The van der Waals surface area contributed by atoms with E-state index < -0.39 is 16.5 Å². The molecule has 0 saturated carbocycles. The van der Waals surface area contributed by atoms with Crippen molar-refractivity contribution in [2.75, 3.05) is 17.7 Å². The third kappa shape index (κ3) is 2.79. The Bertz CT molecular complexity index is 444. The van der Waals surface area contributed by atoms with Gasteiger partial charge in [-0.05, 0) is 12.1 Å². The average molecular weight is 255 g/mol. The maximum absolute atomic E-state index is 11.8. The van der Waals surface area contributed by atoms with Crippen LogP contribution in [0.2, 0.25) is 0 Å². The fourth-order valence-corrected chi connectivity index (χ4v) is 2.52. The Labute approximate surface area is 100 Å². The Morgan fingerprint density at radius 1 is 1.29 bits per heavy atom. The lowest BCUT2D eigenvalue weighted by Gasteiger charge is -2.35. The number of rotatable bonds is 2. The van der Waals surface area contributed by atoms with Gasteiger partial charge >= 0.3 is 0 Å². The number of ether oxygens (including phenoxy) is 1. The van der Waals surface area contributed by atoms with Crippen LogP contribution in [0, 0.1) is 0 Å². The zero-order chi connectivity index (χ0) is 12.3. The topological polar surface area (TPSA) is 78.8 Å². The monoisotopic (exact) mass is 255 g/mol. The molecule has 1 aliphatic heterocycles. The van der Waals surface area contributed by atoms with Crippen LogP contribution in [-0.2, 0) is 9.53 Å². The van der Waals surface area contributed by atoms with Gasteiger partial charge < -0.3 is 10.1 Å². The van der Waals surface area contributed by atoms with Crippen molar-refractivity contribution in [3.05, 3.63) is 41.5 Å². The van der Waals surface area contributed by atoms with E-state index in [0.717, 1.165) is 6.26 Å². The van der Waals surface area contributed by atoms with Crippen LogP contribution in [-0.4, -0.2) is 27.4 Å². The summed E-state index contributed by atoms with van der Waals surface area (Å²) >= 11 is 0. The molecule has 0 fully saturated rings. The molecular formula is C11H13NO4S. The van der Waals surface area contributed by atoms with Crippen LogP contribution in [0.15, 0.2) is 41.5 Å². The Kier molecular flexibility index (Phi) is 3.37. The molecule has 6 heteroatoms. The summed E-state index contributed by atoms with van der Waals surface area (Å²) in [5.74, 6) is -0.489. The van der Waals surface area contributed by atoms with E-state index in [2.05, 4.69) is 5.32 Å². The lowest BCUT2D eigenvalue weighted by molar-refractivity contribution is -0.112. The largest absolute Gasteiger partial charge is 0.497 e. The lowest BCUT2D eigenvalue weighted by Crippen LogP contribution is -2.24. The first-order chi connectivity index (χ1) is 8.09. The molecule has 0 radical (unpaired) electrons. The lowest BCUT2D eigenvalue weighted by atomic mass is 10.3. The molecule has 5 nitrogen and oxygen atoms in total. The number of amides is 1. The number of hydrogen-bond donors (Lipinski definition) is 3. The first kappa shape index (κ1) is 12.0. The molecular weight excluding hydrogens is 242 g/mol. The number of anilines is 1. The Balaban J connectivity index is 2.13. The number of benzene rings is 1. The van der Waals surface area contributed by atoms with Gasteiger partial charge in [-0.1, -0.05) is 18.2 Å². The zero-order valence-electron chi connectivity index (χ0n) is 9.00. The van der Waals surface area contributed by atoms with Crippen molar-refractivity contribution >= 4 is 22.2 Å². The van der Waals surface area contributed by atoms with Crippen LogP contribution in [0.5, 0.6) is 0 Å². The number of carbonyl (C=O) groups is 1. The van der Waals surface area contributed by atoms with Crippen LogP contribution in [0.25, 0.3) is 0 Å². The van der Waals surface area contributed by atoms with Crippen molar-refractivity contribution in [1.82, 2.24) is 0 Å². The summed E-state index contributed by atoms with van der Waals surface area (Å²) in [4.78, 5) is 11.7. The maximum Gasteiger partial charge on any atom is 0.274 e. The van der Waals surface area contributed by atoms with E-state index in [9.17, 15) is 13.9 Å². The number of nitrogens with one attached hydrogen (secondary N) is 1. The fourth-order valence-electron chi connectivity index (χ4n) is 1.40. The van der Waals surface area contributed by atoms with Gasteiger partial charge in [-0.3, -0.25) is 13.9 Å². The predicted molar refractivity (Wildman–Crippen MR) is 66.8 cm³/mol. The van der Waals surface area contributed by atoms with Gasteiger partial charge in [0.1, 0.15) is 12.9 Å². The third-order valence-corrected chi connectivity index (χ3v) is 4.01. The summed E-state index contributed by atoms with van der Waals surface area (Å²) in [6.45, 7) is 0.213. The van der Waals surface area contributed by atoms with Gasteiger partial charge in [0.25, 0.3) is 5.91 Å². The summed E-state index contributed by atoms with van der Waals surface area (Å²) in [5, 5.41) is 2.58. The minimum Gasteiger partial charge on any atom is -0.497 e. The number of carbonyl (C=O) groups excluding carboxylic acids is 1. The Morgan fingerprint density at radius 2 is 2.00 bits per heavy atom. The summed E-state index contributed by atoms with van der Waals surface area (Å²) in [6.07, 6.45) is 1.12. The molecule has 3 N–H and O–H groups in total. The molecule has 0 bridgehead atoms. The molecule has 0 aromatic heterocycles. The first-order valence-electron chi connectivity index (χ1n) is 5.04. The highest BCUT2D eigenvalue weighted by atomic mass is 32.3. The minimum absolute atomic E-state index is 0.0566. The van der Waals surface area contributed by atoms with Gasteiger partial charge in [-0.25, -0.2) is 0 Å². The van der Waals surface area contributed by atoms with E-state index in [0.29, 0.717) is 5.69 Å². The van der Waals surface area contributed by atoms with E-state index >= 15 is 0 Å². The molecule has 1 aliphatic rings. The van der Waals surface area contributed by atoms with E-state index in [1.807, 2.05) is 6.07 Å². The van der Waals surface area contributed by atoms with Gasteiger partial charge in [0.15, 0.2) is 4.91 Å². The molecule has 17 heavy (non-hydrogen) atoms. The summed E-state index contributed by atoms with van der Waals surface area (Å²) in [5.41, 5.74) is 0.596. The summed E-state index contributed by atoms with van der Waals surface area (Å²) < 4.78 is 24.4. The van der Waals surface area contributed by atoms with Crippen molar-refractivity contribution in [2.45, 2.75) is 0 Å². The standard InChI is InChI=1S/C11H13NO4S/c13-11(12-9-4-2-1-3-5-9)10-8-16-6-7-17(10,14)15/h1-5,8,14-15H,6-7H2,(H,12,13). The molecule has 1 amide bonds. The first-order valence-corrected chi connectivity index (χ1v) is 6.75. The van der Waals surface area contributed by atoms with Crippen molar-refractivity contribution in [3.8, 4) is 0 Å². The molecule has 92 valence electrons. The van der Waals surface area contributed by atoms with Gasteiger partial charge in [0.05, 0.1) is 5.75 Å². The highest BCUT2D eigenvalue weighted by molar-refractivity contribution is 8.28. The second kappa shape index (κ2) is 4.79. The fraction of sp³-hybridized carbons (Fsp3) is 0.182. The average Bonchev–Trinajstić information content (AvgIpc) is 2.29. The molecule has 0 aliphatic carbocycles. The van der Waals surface area contributed by atoms with Gasteiger partial charge in [0, 0.05) is 5.69 Å². The molecule has 2 rings (SSSR count). The highest BCUT2D eigenvalue weighted by Gasteiger charge is 2.29. The van der Waals surface area contributed by atoms with Crippen molar-refractivity contribution in [1.29, 1.82) is 0 Å². The number of para-hydroxylation sites is 1.